The quantitative estimate of drug-likeness (QED) is 0.477. The number of hydrogen-bond donors (Lipinski definition) is 2. The van der Waals surface area contributed by atoms with Crippen LogP contribution in [0.4, 0.5) is 11.4 Å². The van der Waals surface area contributed by atoms with Crippen molar-refractivity contribution in [3.63, 3.8) is 0 Å². The second-order valence-electron chi connectivity index (χ2n) is 3.50. The molecule has 9 nitrogen and oxygen atoms in total. The monoisotopic (exact) mass is 283 g/mol. The molecule has 0 aliphatic rings. The normalized spacial score (nSPS) is 8.62. The molecular formula is C12H5N5O4. The number of allylic oxidation sites excluding steroid dienone is 2. The standard InChI is InChI=1S/C12H5N5O4/c13-4-7(5-14)10(6-15)16-8-1-2-9(12(18)19)11(3-8)17(20)21/h1-3,16H,(H,18,19). The van der Waals surface area contributed by atoms with E-state index in [1.54, 1.807) is 6.07 Å². The maximum atomic E-state index is 10.8. The molecule has 0 saturated carbocycles. The minimum absolute atomic E-state index is 0.00579. The highest BCUT2D eigenvalue weighted by molar-refractivity contribution is 5.93. The zero-order valence-corrected chi connectivity index (χ0v) is 10.2. The number of hydrogen-bond acceptors (Lipinski definition) is 7. The number of nitrogens with one attached hydrogen (secondary N) is 1. The summed E-state index contributed by atoms with van der Waals surface area (Å²) < 4.78 is 0. The Morgan fingerprint density at radius 3 is 2.29 bits per heavy atom. The van der Waals surface area contributed by atoms with Crippen molar-refractivity contribution in [3.8, 4) is 18.2 Å². The van der Waals surface area contributed by atoms with Crippen molar-refractivity contribution in [2.45, 2.75) is 0 Å². The van der Waals surface area contributed by atoms with Gasteiger partial charge in [0.05, 0.1) is 4.92 Å². The second kappa shape index (κ2) is 6.32. The van der Waals surface area contributed by atoms with Crippen LogP contribution in [0, 0.1) is 44.1 Å². The maximum absolute atomic E-state index is 10.8. The van der Waals surface area contributed by atoms with Gasteiger partial charge in [-0.15, -0.1) is 0 Å². The van der Waals surface area contributed by atoms with Gasteiger partial charge in [0.15, 0.2) is 5.57 Å². The first-order valence-corrected chi connectivity index (χ1v) is 5.18. The number of benzene rings is 1. The molecule has 0 aromatic heterocycles. The first-order chi connectivity index (χ1) is 9.94. The smallest absolute Gasteiger partial charge is 0.342 e. The van der Waals surface area contributed by atoms with Crippen molar-refractivity contribution < 1.29 is 14.8 Å². The van der Waals surface area contributed by atoms with Gasteiger partial charge in [0.25, 0.3) is 5.69 Å². The van der Waals surface area contributed by atoms with Gasteiger partial charge in [-0.3, -0.25) is 10.1 Å². The molecule has 0 fully saturated rings. The number of rotatable bonds is 4. The Balaban J connectivity index is 3.34. The minimum Gasteiger partial charge on any atom is -0.477 e. The summed E-state index contributed by atoms with van der Waals surface area (Å²) in [5.41, 5.74) is -2.08. The fourth-order valence-corrected chi connectivity index (χ4v) is 1.37. The summed E-state index contributed by atoms with van der Waals surface area (Å²) in [6, 6.07) is 7.63. The Morgan fingerprint density at radius 2 is 1.86 bits per heavy atom. The molecule has 0 saturated heterocycles. The zero-order valence-electron chi connectivity index (χ0n) is 10.2. The first-order valence-electron chi connectivity index (χ1n) is 5.18. The van der Waals surface area contributed by atoms with Gasteiger partial charge >= 0.3 is 5.97 Å². The van der Waals surface area contributed by atoms with Crippen molar-refractivity contribution in [2.75, 3.05) is 5.32 Å². The summed E-state index contributed by atoms with van der Waals surface area (Å²) in [5.74, 6) is -1.47. The van der Waals surface area contributed by atoms with Crippen LogP contribution in [-0.4, -0.2) is 16.0 Å². The number of nitrogens with zero attached hydrogens (tertiary/aromatic N) is 4. The van der Waals surface area contributed by atoms with E-state index in [2.05, 4.69) is 5.32 Å². The molecule has 0 atom stereocenters. The fraction of sp³-hybridized carbons (Fsp3) is 0. The van der Waals surface area contributed by atoms with E-state index in [1.807, 2.05) is 0 Å². The van der Waals surface area contributed by atoms with Gasteiger partial charge in [-0.05, 0) is 12.1 Å². The van der Waals surface area contributed by atoms with Crippen LogP contribution in [0.2, 0.25) is 0 Å². The Labute approximate surface area is 117 Å². The zero-order chi connectivity index (χ0) is 16.0. The predicted molar refractivity (Wildman–Crippen MR) is 67.5 cm³/mol. The van der Waals surface area contributed by atoms with Crippen LogP contribution in [0.3, 0.4) is 0 Å². The molecular weight excluding hydrogens is 278 g/mol. The van der Waals surface area contributed by atoms with E-state index in [0.29, 0.717) is 0 Å². The molecule has 0 spiro atoms. The van der Waals surface area contributed by atoms with Crippen LogP contribution in [0.5, 0.6) is 0 Å². The highest BCUT2D eigenvalue weighted by atomic mass is 16.6. The Kier molecular flexibility index (Phi) is 4.56. The molecule has 0 aliphatic carbocycles. The van der Waals surface area contributed by atoms with E-state index in [9.17, 15) is 14.9 Å². The van der Waals surface area contributed by atoms with Crippen molar-refractivity contribution in [1.29, 1.82) is 15.8 Å². The van der Waals surface area contributed by atoms with Crippen LogP contribution >= 0.6 is 0 Å². The van der Waals surface area contributed by atoms with E-state index in [0.717, 1.165) is 12.1 Å². The molecule has 102 valence electrons. The van der Waals surface area contributed by atoms with Crippen LogP contribution < -0.4 is 5.32 Å². The lowest BCUT2D eigenvalue weighted by molar-refractivity contribution is -0.385. The number of nitriles is 3. The molecule has 0 heterocycles. The third-order valence-electron chi connectivity index (χ3n) is 2.28. The molecule has 1 rings (SSSR count). The lowest BCUT2D eigenvalue weighted by Gasteiger charge is -2.05. The van der Waals surface area contributed by atoms with Gasteiger partial charge in [0.1, 0.15) is 29.5 Å². The molecule has 0 bridgehead atoms. The SMILES string of the molecule is N#CC(C#N)=C(C#N)Nc1ccc(C(=O)O)c([N+](=O)[O-])c1. The van der Waals surface area contributed by atoms with E-state index in [1.165, 1.54) is 18.2 Å². The van der Waals surface area contributed by atoms with Crippen molar-refractivity contribution in [1.82, 2.24) is 0 Å². The average molecular weight is 283 g/mol. The van der Waals surface area contributed by atoms with Crippen molar-refractivity contribution in [3.05, 3.63) is 45.1 Å². The summed E-state index contributed by atoms with van der Waals surface area (Å²) in [5, 5.41) is 48.2. The molecule has 1 aromatic rings. The third-order valence-corrected chi connectivity index (χ3v) is 2.28. The number of carbonyl (C=O) groups is 1. The Morgan fingerprint density at radius 1 is 1.24 bits per heavy atom. The summed E-state index contributed by atoms with van der Waals surface area (Å²) in [6.07, 6.45) is 0. The molecule has 0 amide bonds. The van der Waals surface area contributed by atoms with Gasteiger partial charge in [0.2, 0.25) is 0 Å². The van der Waals surface area contributed by atoms with Crippen LogP contribution in [0.1, 0.15) is 10.4 Å². The van der Waals surface area contributed by atoms with Gasteiger partial charge in [-0.1, -0.05) is 0 Å². The van der Waals surface area contributed by atoms with Crippen LogP contribution in [0.15, 0.2) is 29.5 Å². The van der Waals surface area contributed by atoms with Gasteiger partial charge in [0, 0.05) is 11.8 Å². The third kappa shape index (κ3) is 3.31. The Bertz CT molecular complexity index is 760. The predicted octanol–water partition coefficient (Wildman–Crippen LogP) is 1.53. The van der Waals surface area contributed by atoms with Gasteiger partial charge < -0.3 is 10.4 Å². The maximum Gasteiger partial charge on any atom is 0.342 e. The lowest BCUT2D eigenvalue weighted by atomic mass is 10.1. The highest BCUT2D eigenvalue weighted by Gasteiger charge is 2.20. The molecule has 0 unspecified atom stereocenters. The second-order valence-corrected chi connectivity index (χ2v) is 3.50. The Hall–Kier alpha value is -3.90. The topological polar surface area (TPSA) is 164 Å². The van der Waals surface area contributed by atoms with Gasteiger partial charge in [-0.25, -0.2) is 4.79 Å². The summed E-state index contributed by atoms with van der Waals surface area (Å²) in [6.45, 7) is 0. The molecule has 21 heavy (non-hydrogen) atoms. The van der Waals surface area contributed by atoms with Crippen molar-refractivity contribution in [2.24, 2.45) is 0 Å². The largest absolute Gasteiger partial charge is 0.477 e. The van der Waals surface area contributed by atoms with Gasteiger partial charge in [-0.2, -0.15) is 15.8 Å². The highest BCUT2D eigenvalue weighted by Crippen LogP contribution is 2.24. The summed E-state index contributed by atoms with van der Waals surface area (Å²) in [7, 11) is 0. The number of anilines is 1. The number of aromatic carboxylic acids is 1. The van der Waals surface area contributed by atoms with Crippen molar-refractivity contribution >= 4 is 17.3 Å². The molecule has 1 aromatic carbocycles. The average Bonchev–Trinajstić information content (AvgIpc) is 2.46. The van der Waals surface area contributed by atoms with Crippen LogP contribution in [-0.2, 0) is 0 Å². The molecule has 0 radical (unpaired) electrons. The summed E-state index contributed by atoms with van der Waals surface area (Å²) in [4.78, 5) is 20.8. The number of carboxylic acids is 1. The molecule has 2 N–H and O–H groups in total. The van der Waals surface area contributed by atoms with E-state index in [-0.39, 0.29) is 5.69 Å². The van der Waals surface area contributed by atoms with E-state index < -0.39 is 33.4 Å². The number of carboxylic acid groups (broad SMARTS) is 1. The van der Waals surface area contributed by atoms with E-state index >= 15 is 0 Å². The first kappa shape index (κ1) is 15.2. The number of nitro groups is 1. The lowest BCUT2D eigenvalue weighted by Crippen LogP contribution is -2.05. The van der Waals surface area contributed by atoms with E-state index in [4.69, 9.17) is 20.9 Å². The molecule has 0 aliphatic heterocycles. The van der Waals surface area contributed by atoms with Crippen LogP contribution in [0.25, 0.3) is 0 Å². The summed E-state index contributed by atoms with van der Waals surface area (Å²) >= 11 is 0. The minimum atomic E-state index is -1.47. The molecule has 9 heteroatoms. The number of nitro benzene ring substituents is 1. The fourth-order valence-electron chi connectivity index (χ4n) is 1.37.